The van der Waals surface area contributed by atoms with Gasteiger partial charge in [0.2, 0.25) is 0 Å². The number of piperidine rings is 1. The van der Waals surface area contributed by atoms with Crippen LogP contribution < -0.4 is 4.90 Å². The van der Waals surface area contributed by atoms with Gasteiger partial charge in [-0.1, -0.05) is 6.92 Å². The third-order valence-corrected chi connectivity index (χ3v) is 5.75. The van der Waals surface area contributed by atoms with Gasteiger partial charge in [-0.05, 0) is 51.7 Å². The number of aromatic nitrogens is 2. The maximum atomic E-state index is 13.5. The zero-order valence-electron chi connectivity index (χ0n) is 20.3. The summed E-state index contributed by atoms with van der Waals surface area (Å²) in [5.74, 6) is -0.852. The molecule has 1 N–H and O–H groups in total. The normalized spacial score (nSPS) is 18.5. The van der Waals surface area contributed by atoms with E-state index in [1.54, 1.807) is 25.7 Å². The molecule has 0 unspecified atom stereocenters. The summed E-state index contributed by atoms with van der Waals surface area (Å²) in [4.78, 5) is 35.7. The van der Waals surface area contributed by atoms with E-state index in [9.17, 15) is 22.8 Å². The molecule has 0 bridgehead atoms. The zero-order valence-corrected chi connectivity index (χ0v) is 20.3. The molecule has 3 rings (SSSR count). The number of carbonyl (C=O) groups excluding carboxylic acids is 1. The van der Waals surface area contributed by atoms with Gasteiger partial charge >= 0.3 is 37.1 Å². The Balaban J connectivity index is 0.00000456. The Morgan fingerprint density at radius 3 is 2.36 bits per heavy atom. The number of hydrogen-bond acceptors (Lipinski definition) is 6. The average molecular weight is 504 g/mol. The van der Waals surface area contributed by atoms with Gasteiger partial charge in [0.1, 0.15) is 16.6 Å². The SMILES string of the molecule is C[C@H]1C[C@@H](N(CCCC(=O)O)C(=O)OC(C)(C)C)CN(c2ccc(C(F)(F)F)c3nccnc23)C1.[LiH]. The molecular formula is C24H32F3LiN4O4. The molecule has 12 heteroatoms. The van der Waals surface area contributed by atoms with Crippen LogP contribution in [0.15, 0.2) is 24.5 Å². The third kappa shape index (κ3) is 7.50. The van der Waals surface area contributed by atoms with E-state index in [-0.39, 0.29) is 61.2 Å². The number of halogens is 3. The minimum atomic E-state index is -4.57. The van der Waals surface area contributed by atoms with Crippen molar-refractivity contribution in [1.29, 1.82) is 0 Å². The molecule has 36 heavy (non-hydrogen) atoms. The molecule has 8 nitrogen and oxygen atoms in total. The predicted molar refractivity (Wildman–Crippen MR) is 131 cm³/mol. The van der Waals surface area contributed by atoms with Crippen molar-refractivity contribution in [3.63, 3.8) is 0 Å². The summed E-state index contributed by atoms with van der Waals surface area (Å²) < 4.78 is 46.2. The molecule has 1 aliphatic heterocycles. The average Bonchev–Trinajstić information content (AvgIpc) is 2.73. The van der Waals surface area contributed by atoms with E-state index in [0.29, 0.717) is 25.2 Å². The number of carboxylic acid groups (broad SMARTS) is 1. The second kappa shape index (κ2) is 11.7. The van der Waals surface area contributed by atoms with Crippen molar-refractivity contribution in [3.05, 3.63) is 30.1 Å². The molecule has 0 aliphatic carbocycles. The van der Waals surface area contributed by atoms with Crippen LogP contribution in [0, 0.1) is 5.92 Å². The fourth-order valence-electron chi connectivity index (χ4n) is 4.41. The van der Waals surface area contributed by atoms with Crippen molar-refractivity contribution in [2.45, 2.75) is 64.8 Å². The molecule has 0 radical (unpaired) electrons. The Hall–Kier alpha value is -2.51. The quantitative estimate of drug-likeness (QED) is 0.586. The van der Waals surface area contributed by atoms with Crippen molar-refractivity contribution in [3.8, 4) is 0 Å². The number of hydrogen-bond donors (Lipinski definition) is 1. The van der Waals surface area contributed by atoms with E-state index in [2.05, 4.69) is 9.97 Å². The number of benzene rings is 1. The third-order valence-electron chi connectivity index (χ3n) is 5.75. The Bertz CT molecular complexity index is 1080. The first-order valence-electron chi connectivity index (χ1n) is 11.5. The van der Waals surface area contributed by atoms with Gasteiger partial charge in [-0.3, -0.25) is 14.8 Å². The van der Waals surface area contributed by atoms with Crippen molar-refractivity contribution in [2.24, 2.45) is 5.92 Å². The number of fused-ring (bicyclic) bond motifs is 1. The van der Waals surface area contributed by atoms with E-state index in [1.807, 2.05) is 11.8 Å². The Morgan fingerprint density at radius 1 is 1.14 bits per heavy atom. The number of anilines is 1. The first-order valence-corrected chi connectivity index (χ1v) is 11.5. The summed E-state index contributed by atoms with van der Waals surface area (Å²) in [6.07, 6.45) is -1.71. The van der Waals surface area contributed by atoms with Gasteiger partial charge < -0.3 is 19.6 Å². The van der Waals surface area contributed by atoms with Gasteiger partial charge in [0.05, 0.1) is 17.3 Å². The number of aliphatic carboxylic acids is 1. The van der Waals surface area contributed by atoms with Gasteiger partial charge in [-0.2, -0.15) is 13.2 Å². The number of rotatable bonds is 6. The molecule has 1 amide bonds. The molecular weight excluding hydrogens is 472 g/mol. The first-order chi connectivity index (χ1) is 16.3. The number of amides is 1. The van der Waals surface area contributed by atoms with Crippen LogP contribution in [0.1, 0.15) is 52.5 Å². The molecule has 194 valence electrons. The Kier molecular flexibility index (Phi) is 9.65. The van der Waals surface area contributed by atoms with E-state index < -0.39 is 29.4 Å². The van der Waals surface area contributed by atoms with Crippen molar-refractivity contribution >= 4 is 47.6 Å². The number of alkyl halides is 3. The van der Waals surface area contributed by atoms with Crippen molar-refractivity contribution in [2.75, 3.05) is 24.5 Å². The van der Waals surface area contributed by atoms with Crippen molar-refractivity contribution < 1.29 is 32.6 Å². The second-order valence-electron chi connectivity index (χ2n) is 9.95. The summed E-state index contributed by atoms with van der Waals surface area (Å²) in [5, 5.41) is 9.04. The summed E-state index contributed by atoms with van der Waals surface area (Å²) in [6, 6.07) is 2.09. The van der Waals surface area contributed by atoms with Gasteiger partial charge in [-0.15, -0.1) is 0 Å². The van der Waals surface area contributed by atoms with Crippen molar-refractivity contribution in [1.82, 2.24) is 14.9 Å². The van der Waals surface area contributed by atoms with E-state index in [1.165, 1.54) is 18.5 Å². The molecule has 1 aliphatic rings. The number of carboxylic acids is 1. The molecule has 1 aromatic carbocycles. The van der Waals surface area contributed by atoms with Crippen LogP contribution in [0.2, 0.25) is 0 Å². The molecule has 2 heterocycles. The zero-order chi connectivity index (χ0) is 26.0. The predicted octanol–water partition coefficient (Wildman–Crippen LogP) is 4.32. The molecule has 1 saturated heterocycles. The molecule has 2 aromatic rings. The van der Waals surface area contributed by atoms with E-state index >= 15 is 0 Å². The minimum absolute atomic E-state index is 0. The topological polar surface area (TPSA) is 95.9 Å². The van der Waals surface area contributed by atoms with Gasteiger partial charge in [0.25, 0.3) is 0 Å². The number of carbonyl (C=O) groups is 2. The molecule has 0 saturated carbocycles. The van der Waals surface area contributed by atoms with Crippen LogP contribution in [-0.4, -0.2) is 82.2 Å². The Morgan fingerprint density at radius 2 is 1.78 bits per heavy atom. The summed E-state index contributed by atoms with van der Waals surface area (Å²) in [6.45, 7) is 8.36. The maximum absolute atomic E-state index is 13.5. The number of nitrogens with zero attached hydrogens (tertiary/aromatic N) is 4. The molecule has 0 spiro atoms. The molecule has 1 fully saturated rings. The Labute approximate surface area is 220 Å². The van der Waals surface area contributed by atoms with Crippen LogP contribution in [0.25, 0.3) is 11.0 Å². The van der Waals surface area contributed by atoms with Crippen LogP contribution in [0.4, 0.5) is 23.7 Å². The summed E-state index contributed by atoms with van der Waals surface area (Å²) in [7, 11) is 0. The molecule has 2 atom stereocenters. The van der Waals surface area contributed by atoms with Gasteiger partial charge in [0, 0.05) is 38.4 Å². The van der Waals surface area contributed by atoms with Crippen LogP contribution in [0.3, 0.4) is 0 Å². The first kappa shape index (κ1) is 29.7. The monoisotopic (exact) mass is 504 g/mol. The van der Waals surface area contributed by atoms with E-state index in [4.69, 9.17) is 9.84 Å². The van der Waals surface area contributed by atoms with Gasteiger partial charge in [-0.25, -0.2) is 4.79 Å². The summed E-state index contributed by atoms with van der Waals surface area (Å²) in [5.41, 5.74) is -1.16. The van der Waals surface area contributed by atoms with Gasteiger partial charge in [0.15, 0.2) is 0 Å². The second-order valence-corrected chi connectivity index (χ2v) is 9.95. The standard InChI is InChI=1S/C24H31F3N4O4.Li.H/c1-15-12-16(31(11-5-6-19(32)33)22(34)35-23(2,3)4)14-30(13-15)18-8-7-17(24(25,26)27)20-21(18)29-10-9-28-20;;/h7-10,15-16H,5-6,11-14H2,1-4H3,(H,32,33);;/t15-,16+;;/m0../s1. The fourth-order valence-corrected chi connectivity index (χ4v) is 4.41. The summed E-state index contributed by atoms with van der Waals surface area (Å²) >= 11 is 0. The van der Waals surface area contributed by atoms with E-state index in [0.717, 1.165) is 6.07 Å². The molecule has 1 aromatic heterocycles. The fraction of sp³-hybridized carbons (Fsp3) is 0.583. The number of ether oxygens (including phenoxy) is 1. The van der Waals surface area contributed by atoms with Crippen LogP contribution in [-0.2, 0) is 15.7 Å². The van der Waals surface area contributed by atoms with Crippen LogP contribution in [0.5, 0.6) is 0 Å². The van der Waals surface area contributed by atoms with Crippen LogP contribution >= 0.6 is 0 Å².